The van der Waals surface area contributed by atoms with E-state index in [1.54, 1.807) is 5.38 Å². The molecule has 280 valence electrons. The maximum Gasteiger partial charge on any atom is 0.271 e. The van der Waals surface area contributed by atoms with Crippen molar-refractivity contribution in [3.05, 3.63) is 57.8 Å². The van der Waals surface area contributed by atoms with Gasteiger partial charge in [-0.3, -0.25) is 14.4 Å². The first kappa shape index (κ1) is 40.0. The van der Waals surface area contributed by atoms with Gasteiger partial charge in [0.25, 0.3) is 5.91 Å². The first-order valence-corrected chi connectivity index (χ1v) is 19.5. The van der Waals surface area contributed by atoms with Crippen molar-refractivity contribution in [2.75, 3.05) is 19.7 Å². The van der Waals surface area contributed by atoms with Gasteiger partial charge in [-0.15, -0.1) is 16.4 Å². The summed E-state index contributed by atoms with van der Waals surface area (Å²) in [6, 6.07) is 8.24. The number of piperidine rings is 1. The summed E-state index contributed by atoms with van der Waals surface area (Å²) in [5.41, 5.74) is 1.31. The first-order chi connectivity index (χ1) is 24.7. The van der Waals surface area contributed by atoms with Crippen LogP contribution >= 0.6 is 11.3 Å². The number of benzene rings is 1. The van der Waals surface area contributed by atoms with Crippen LogP contribution in [-0.2, 0) is 20.7 Å². The van der Waals surface area contributed by atoms with E-state index in [9.17, 15) is 14.4 Å². The van der Waals surface area contributed by atoms with Crippen LogP contribution < -0.4 is 16.0 Å². The molecule has 0 saturated carbocycles. The van der Waals surface area contributed by atoms with Crippen LogP contribution in [-0.4, -0.2) is 86.1 Å². The van der Waals surface area contributed by atoms with E-state index in [-0.39, 0.29) is 47.3 Å². The molecule has 1 aliphatic heterocycles. The van der Waals surface area contributed by atoms with Gasteiger partial charge in [0.15, 0.2) is 5.82 Å². The Morgan fingerprint density at radius 3 is 2.47 bits per heavy atom. The molecule has 1 aliphatic rings. The van der Waals surface area contributed by atoms with Crippen LogP contribution in [0.4, 0.5) is 0 Å². The molecule has 1 fully saturated rings. The van der Waals surface area contributed by atoms with Crippen LogP contribution in [0.25, 0.3) is 0 Å². The molecular formula is C37H57N9O4S. The molecule has 3 heterocycles. The van der Waals surface area contributed by atoms with Gasteiger partial charge in [0, 0.05) is 37.4 Å². The number of hydrogen-bond acceptors (Lipinski definition) is 10. The number of aromatic nitrogens is 5. The maximum absolute atomic E-state index is 14.5. The number of amides is 3. The molecular weight excluding hydrogens is 667 g/mol. The van der Waals surface area contributed by atoms with Crippen molar-refractivity contribution in [3.8, 4) is 0 Å². The minimum absolute atomic E-state index is 0.0390. The van der Waals surface area contributed by atoms with Crippen molar-refractivity contribution in [2.45, 2.75) is 123 Å². The molecule has 0 spiro atoms. The van der Waals surface area contributed by atoms with E-state index in [1.807, 2.05) is 42.2 Å². The lowest BCUT2D eigenvalue weighted by molar-refractivity contribution is -0.142. The predicted octanol–water partition coefficient (Wildman–Crippen LogP) is 5.16. The number of H-pyrrole nitrogens is 1. The third kappa shape index (κ3) is 11.4. The fraction of sp³-hybridized carbons (Fsp3) is 0.649. The second-order valence-electron chi connectivity index (χ2n) is 13.9. The normalized spacial score (nSPS) is 17.7. The van der Waals surface area contributed by atoms with Gasteiger partial charge in [0.1, 0.15) is 22.8 Å². The Morgan fingerprint density at radius 1 is 1.06 bits per heavy atom. The van der Waals surface area contributed by atoms with Gasteiger partial charge in [-0.05, 0) is 60.1 Å². The smallest absolute Gasteiger partial charge is 0.271 e. The van der Waals surface area contributed by atoms with Gasteiger partial charge in [-0.25, -0.2) is 10.1 Å². The zero-order valence-electron chi connectivity index (χ0n) is 31.1. The van der Waals surface area contributed by atoms with E-state index in [1.165, 1.54) is 11.3 Å². The molecule has 3 amide bonds. The van der Waals surface area contributed by atoms with E-state index in [0.29, 0.717) is 36.8 Å². The fourth-order valence-electron chi connectivity index (χ4n) is 6.50. The second-order valence-corrected chi connectivity index (χ2v) is 14.8. The number of aromatic amines is 1. The van der Waals surface area contributed by atoms with Crippen LogP contribution in [0.1, 0.15) is 126 Å². The molecule has 1 unspecified atom stereocenters. The second kappa shape index (κ2) is 20.3. The molecule has 1 aromatic carbocycles. The molecule has 2 aromatic heterocycles. The molecule has 1 saturated heterocycles. The van der Waals surface area contributed by atoms with Crippen molar-refractivity contribution >= 4 is 29.1 Å². The van der Waals surface area contributed by atoms with Crippen LogP contribution in [0, 0.1) is 11.8 Å². The Kier molecular flexibility index (Phi) is 16.0. The van der Waals surface area contributed by atoms with E-state index in [0.717, 1.165) is 50.6 Å². The zero-order chi connectivity index (χ0) is 36.8. The maximum atomic E-state index is 14.5. The number of ether oxygens (including phenoxy) is 1. The topological polar surface area (TPSA) is 167 Å². The molecule has 14 heteroatoms. The number of carbonyl (C=O) groups is 3. The quantitative estimate of drug-likeness (QED) is 0.123. The number of rotatable bonds is 20. The average molecular weight is 724 g/mol. The van der Waals surface area contributed by atoms with Crippen molar-refractivity contribution in [1.29, 1.82) is 0 Å². The summed E-state index contributed by atoms with van der Waals surface area (Å²) < 4.78 is 6.42. The summed E-state index contributed by atoms with van der Waals surface area (Å²) >= 11 is 1.38. The minimum Gasteiger partial charge on any atom is -0.371 e. The van der Waals surface area contributed by atoms with Crippen LogP contribution in [0.15, 0.2) is 35.7 Å². The van der Waals surface area contributed by atoms with Crippen LogP contribution in [0.3, 0.4) is 0 Å². The van der Waals surface area contributed by atoms with E-state index >= 15 is 0 Å². The van der Waals surface area contributed by atoms with Crippen molar-refractivity contribution in [3.63, 3.8) is 0 Å². The zero-order valence-corrected chi connectivity index (χ0v) is 31.9. The number of nitrogens with one attached hydrogen (secondary N) is 4. The first-order valence-electron chi connectivity index (χ1n) is 18.7. The lowest BCUT2D eigenvalue weighted by atomic mass is 9.92. The lowest BCUT2D eigenvalue weighted by Crippen LogP contribution is -2.58. The van der Waals surface area contributed by atoms with E-state index < -0.39 is 18.2 Å². The summed E-state index contributed by atoms with van der Waals surface area (Å²) in [7, 11) is 0. The molecule has 13 nitrogen and oxygen atoms in total. The highest BCUT2D eigenvalue weighted by molar-refractivity contribution is 7.09. The minimum atomic E-state index is -0.632. The molecule has 0 aliphatic carbocycles. The Hall–Kier alpha value is -3.75. The summed E-state index contributed by atoms with van der Waals surface area (Å²) in [5, 5.41) is 26.2. The molecule has 4 N–H and O–H groups in total. The SMILES string of the molecule is CCCO[C@H](C[C@H](C(C)C)N(CCC)C(=O)[C@@H](NC(=O)[C@H]1CCCCN1)[C@@H](C)CC)c1nc(C(=O)NC(Cc2ccccc2)c2nnn[nH]2)cs1. The largest absolute Gasteiger partial charge is 0.371 e. The van der Waals surface area contributed by atoms with Gasteiger partial charge in [0.2, 0.25) is 11.8 Å². The molecule has 51 heavy (non-hydrogen) atoms. The molecule has 6 atom stereocenters. The summed E-state index contributed by atoms with van der Waals surface area (Å²) in [4.78, 5) is 48.2. The molecule has 3 aromatic rings. The number of hydrogen-bond donors (Lipinski definition) is 4. The summed E-state index contributed by atoms with van der Waals surface area (Å²) in [6.07, 6.45) is 5.73. The van der Waals surface area contributed by atoms with Gasteiger partial charge in [-0.1, -0.05) is 84.7 Å². The van der Waals surface area contributed by atoms with Gasteiger partial charge in [0.05, 0.1) is 12.1 Å². The number of thiazole rings is 1. The van der Waals surface area contributed by atoms with Gasteiger partial charge >= 0.3 is 0 Å². The third-order valence-electron chi connectivity index (χ3n) is 9.61. The highest BCUT2D eigenvalue weighted by atomic mass is 32.1. The standard InChI is InChI=1S/C37H57N9O4S/c1-7-19-46(37(49)32(25(6)9-3)41-34(47)27-17-13-14-18-38-27)30(24(4)5)22-31(50-20-8-2)36-40-29(23-51-36)35(48)39-28(33-42-44-45-43-33)21-26-15-11-10-12-16-26/h10-12,15-16,23-25,27-28,30-32,38H,7-9,13-14,17-22H2,1-6H3,(H,39,48)(H,41,47)(H,42,43,44,45)/t25-,27+,28?,30+,31+,32-/m0/s1. The molecule has 0 bridgehead atoms. The van der Waals surface area contributed by atoms with Crippen molar-refractivity contribution in [2.24, 2.45) is 11.8 Å². The number of tetrazole rings is 1. The van der Waals surface area contributed by atoms with Crippen molar-refractivity contribution < 1.29 is 19.1 Å². The number of nitrogens with zero attached hydrogens (tertiary/aromatic N) is 5. The van der Waals surface area contributed by atoms with Crippen molar-refractivity contribution in [1.82, 2.24) is 46.5 Å². The summed E-state index contributed by atoms with van der Waals surface area (Å²) in [6.45, 7) is 14.3. The monoisotopic (exact) mass is 723 g/mol. The predicted molar refractivity (Wildman–Crippen MR) is 198 cm³/mol. The van der Waals surface area contributed by atoms with E-state index in [4.69, 9.17) is 9.72 Å². The fourth-order valence-corrected chi connectivity index (χ4v) is 7.36. The average Bonchev–Trinajstić information content (AvgIpc) is 3.87. The lowest BCUT2D eigenvalue weighted by Gasteiger charge is -2.39. The highest BCUT2D eigenvalue weighted by Crippen LogP contribution is 2.32. The van der Waals surface area contributed by atoms with Gasteiger partial charge in [-0.2, -0.15) is 0 Å². The molecule has 0 radical (unpaired) electrons. The van der Waals surface area contributed by atoms with Gasteiger partial charge < -0.3 is 25.6 Å². The van der Waals surface area contributed by atoms with Crippen LogP contribution in [0.2, 0.25) is 0 Å². The Morgan fingerprint density at radius 2 is 1.84 bits per heavy atom. The Balaban J connectivity index is 1.55. The highest BCUT2D eigenvalue weighted by Gasteiger charge is 2.37. The Labute approximate surface area is 306 Å². The molecule has 4 rings (SSSR count). The third-order valence-corrected chi connectivity index (χ3v) is 10.5. The van der Waals surface area contributed by atoms with E-state index in [2.05, 4.69) is 71.2 Å². The Bertz CT molecular complexity index is 1480. The summed E-state index contributed by atoms with van der Waals surface area (Å²) in [5.74, 6) is 0.00506. The number of carbonyl (C=O) groups excluding carboxylic acids is 3. The van der Waals surface area contributed by atoms with Crippen LogP contribution in [0.5, 0.6) is 0 Å².